The van der Waals surface area contributed by atoms with Crippen molar-refractivity contribution in [3.63, 3.8) is 0 Å². The van der Waals surface area contributed by atoms with Gasteiger partial charge in [-0.2, -0.15) is 0 Å². The number of alkyl carbamates (subject to hydrolysis) is 1. The summed E-state index contributed by atoms with van der Waals surface area (Å²) in [5.41, 5.74) is 4.85. The van der Waals surface area contributed by atoms with Gasteiger partial charge in [-0.05, 0) is 79.0 Å². The van der Waals surface area contributed by atoms with Crippen LogP contribution in [-0.4, -0.2) is 68.4 Å². The van der Waals surface area contributed by atoms with Gasteiger partial charge in [-0.25, -0.2) is 4.79 Å². The first-order valence-corrected chi connectivity index (χ1v) is 18.8. The van der Waals surface area contributed by atoms with E-state index in [4.69, 9.17) is 23.7 Å². The molecule has 10 nitrogen and oxygen atoms in total. The highest BCUT2D eigenvalue weighted by atomic mass is 16.7. The van der Waals surface area contributed by atoms with Crippen LogP contribution >= 0.6 is 0 Å². The summed E-state index contributed by atoms with van der Waals surface area (Å²) < 4.78 is 29.8. The maximum Gasteiger partial charge on any atom is 0.407 e. The van der Waals surface area contributed by atoms with Gasteiger partial charge in [0, 0.05) is 36.6 Å². The molecule has 1 heterocycles. The smallest absolute Gasteiger partial charge is 0.407 e. The maximum absolute atomic E-state index is 14.2. The van der Waals surface area contributed by atoms with Crippen molar-refractivity contribution in [2.24, 2.45) is 23.2 Å². The van der Waals surface area contributed by atoms with Crippen LogP contribution in [0.3, 0.4) is 0 Å². The van der Waals surface area contributed by atoms with E-state index in [9.17, 15) is 14.4 Å². The summed E-state index contributed by atoms with van der Waals surface area (Å²) in [7, 11) is 1.38. The molecule has 1 saturated heterocycles. The van der Waals surface area contributed by atoms with Crippen LogP contribution in [0.15, 0.2) is 72.8 Å². The highest BCUT2D eigenvalue weighted by molar-refractivity contribution is 5.87. The molecule has 2 saturated carbocycles. The molecule has 3 fully saturated rings. The number of nitrogens with one attached hydrogen (secondary N) is 2. The number of fused-ring (bicyclic) bond motifs is 4. The molecule has 0 radical (unpaired) electrons. The lowest BCUT2D eigenvalue weighted by Gasteiger charge is -2.42. The molecule has 2 N–H and O–H groups in total. The van der Waals surface area contributed by atoms with Crippen molar-refractivity contribution in [3.05, 3.63) is 89.5 Å². The van der Waals surface area contributed by atoms with Crippen LogP contribution in [0.25, 0.3) is 11.1 Å². The molecular formula is C43H52N2O8. The quantitative estimate of drug-likeness (QED) is 0.232. The fourth-order valence-corrected chi connectivity index (χ4v) is 8.76. The molecule has 2 amide bonds. The minimum Gasteiger partial charge on any atom is -0.488 e. The lowest BCUT2D eigenvalue weighted by atomic mass is 9.89. The first-order valence-electron chi connectivity index (χ1n) is 18.8. The van der Waals surface area contributed by atoms with Crippen LogP contribution in [0.2, 0.25) is 0 Å². The molecule has 10 heteroatoms. The van der Waals surface area contributed by atoms with Crippen molar-refractivity contribution < 1.29 is 38.1 Å². The highest BCUT2D eigenvalue weighted by Gasteiger charge is 2.59. The zero-order chi connectivity index (χ0) is 37.5. The summed E-state index contributed by atoms with van der Waals surface area (Å²) in [6, 6.07) is 22.4. The Morgan fingerprint density at radius 3 is 2.11 bits per heavy atom. The molecule has 4 aliphatic rings. The largest absolute Gasteiger partial charge is 0.488 e. The monoisotopic (exact) mass is 724 g/mol. The molecule has 3 aromatic carbocycles. The fourth-order valence-electron chi connectivity index (χ4n) is 8.76. The second-order valence-electron chi connectivity index (χ2n) is 17.0. The molecule has 3 aliphatic carbocycles. The summed E-state index contributed by atoms with van der Waals surface area (Å²) in [5, 5.41) is 6.02. The number of methoxy groups -OCH3 is 1. The molecular weight excluding hydrogens is 672 g/mol. The van der Waals surface area contributed by atoms with Crippen LogP contribution in [0.1, 0.15) is 76.5 Å². The van der Waals surface area contributed by atoms with E-state index in [-0.39, 0.29) is 47.8 Å². The standard InChI is InChI=1S/C43H52N2O8/c1-41(2,3)53-28-17-15-26(16-18-28)19-36(45-40(48)50-23-34-31-13-9-7-11-29(31)30-12-8-10-14-32(30)34)38(46)44-35-20-27-21-43(51-24-42(4,5)25-52-43)22-33(27)37(35)39(47)49-6/h7-18,27,33-37H,19-25H2,1-6H3,(H,44,46)(H,45,48)/t27-,33+,35+,36-,37-/m0/s1. The second-order valence-corrected chi connectivity index (χ2v) is 17.0. The number of amides is 2. The molecule has 1 aliphatic heterocycles. The van der Waals surface area contributed by atoms with E-state index in [0.717, 1.165) is 27.8 Å². The van der Waals surface area contributed by atoms with Gasteiger partial charge < -0.3 is 34.3 Å². The zero-order valence-electron chi connectivity index (χ0n) is 31.6. The van der Waals surface area contributed by atoms with Gasteiger partial charge in [-0.1, -0.05) is 74.5 Å². The third kappa shape index (κ3) is 7.94. The molecule has 3 aromatic rings. The van der Waals surface area contributed by atoms with Gasteiger partial charge >= 0.3 is 12.1 Å². The van der Waals surface area contributed by atoms with Gasteiger partial charge in [-0.3, -0.25) is 9.59 Å². The van der Waals surface area contributed by atoms with E-state index < -0.39 is 35.8 Å². The van der Waals surface area contributed by atoms with E-state index in [0.29, 0.717) is 38.2 Å². The summed E-state index contributed by atoms with van der Waals surface area (Å²) in [4.78, 5) is 41.1. The molecule has 0 aromatic heterocycles. The van der Waals surface area contributed by atoms with E-state index >= 15 is 0 Å². The summed E-state index contributed by atoms with van der Waals surface area (Å²) in [6.45, 7) is 11.5. The summed E-state index contributed by atoms with van der Waals surface area (Å²) >= 11 is 0. The number of carbonyl (C=O) groups is 3. The van der Waals surface area contributed by atoms with Crippen molar-refractivity contribution in [1.82, 2.24) is 10.6 Å². The van der Waals surface area contributed by atoms with Gasteiger partial charge in [0.15, 0.2) is 5.79 Å². The molecule has 53 heavy (non-hydrogen) atoms. The van der Waals surface area contributed by atoms with Gasteiger partial charge in [0.25, 0.3) is 0 Å². The molecule has 0 bridgehead atoms. The van der Waals surface area contributed by atoms with E-state index in [1.165, 1.54) is 7.11 Å². The minimum atomic E-state index is -0.975. The SMILES string of the molecule is COC(=O)[C@H]1[C@@H]2CC3(C[C@@H]2C[C@H]1NC(=O)[C@H](Cc1ccc(OC(C)(C)C)cc1)NC(=O)OCC1c2ccccc2-c2ccccc21)OCC(C)(C)CO3. The third-order valence-corrected chi connectivity index (χ3v) is 11.2. The number of ether oxygens (including phenoxy) is 5. The lowest BCUT2D eigenvalue weighted by molar-refractivity contribution is -0.298. The molecule has 282 valence electrons. The normalized spacial score (nSPS) is 24.4. The Labute approximate surface area is 312 Å². The fraction of sp³-hybridized carbons (Fsp3) is 0.512. The van der Waals surface area contributed by atoms with Crippen LogP contribution in [-0.2, 0) is 35.0 Å². The first kappa shape index (κ1) is 36.9. The molecule has 0 unspecified atom stereocenters. The van der Waals surface area contributed by atoms with Crippen LogP contribution in [0.4, 0.5) is 4.79 Å². The Balaban J connectivity index is 1.06. The first-order chi connectivity index (χ1) is 25.2. The second kappa shape index (κ2) is 14.4. The number of hydrogen-bond acceptors (Lipinski definition) is 8. The molecule has 1 spiro atoms. The minimum absolute atomic E-state index is 0.0714. The van der Waals surface area contributed by atoms with Crippen molar-refractivity contribution in [3.8, 4) is 16.9 Å². The predicted octanol–water partition coefficient (Wildman–Crippen LogP) is 6.79. The lowest BCUT2D eigenvalue weighted by Crippen LogP contribution is -2.53. The highest BCUT2D eigenvalue weighted by Crippen LogP contribution is 2.55. The summed E-state index contributed by atoms with van der Waals surface area (Å²) in [6.07, 6.45) is 1.30. The number of esters is 1. The maximum atomic E-state index is 14.2. The Morgan fingerprint density at radius 1 is 0.887 bits per heavy atom. The topological polar surface area (TPSA) is 121 Å². The van der Waals surface area contributed by atoms with E-state index in [2.05, 4.69) is 48.7 Å². The predicted molar refractivity (Wildman–Crippen MR) is 199 cm³/mol. The van der Waals surface area contributed by atoms with Crippen molar-refractivity contribution in [1.29, 1.82) is 0 Å². The zero-order valence-corrected chi connectivity index (χ0v) is 31.6. The van der Waals surface area contributed by atoms with Crippen LogP contribution < -0.4 is 15.4 Å². The van der Waals surface area contributed by atoms with Crippen molar-refractivity contribution in [2.75, 3.05) is 26.9 Å². The Morgan fingerprint density at radius 2 is 1.51 bits per heavy atom. The Hall–Kier alpha value is -4.41. The third-order valence-electron chi connectivity index (χ3n) is 11.2. The number of carbonyl (C=O) groups excluding carboxylic acids is 3. The Kier molecular flexibility index (Phi) is 10.1. The number of hydrogen-bond donors (Lipinski definition) is 2. The molecule has 7 rings (SSSR count). The average Bonchev–Trinajstić information content (AvgIpc) is 3.74. The van der Waals surface area contributed by atoms with Gasteiger partial charge in [0.2, 0.25) is 5.91 Å². The number of benzene rings is 3. The Bertz CT molecular complexity index is 1780. The summed E-state index contributed by atoms with van der Waals surface area (Å²) in [5.74, 6) is -1.44. The molecule has 5 atom stereocenters. The van der Waals surface area contributed by atoms with Crippen LogP contribution in [0.5, 0.6) is 5.75 Å². The van der Waals surface area contributed by atoms with Gasteiger partial charge in [-0.15, -0.1) is 0 Å². The van der Waals surface area contributed by atoms with Crippen LogP contribution in [0, 0.1) is 23.2 Å². The number of rotatable bonds is 9. The van der Waals surface area contributed by atoms with Gasteiger partial charge in [0.05, 0.1) is 26.2 Å². The van der Waals surface area contributed by atoms with Gasteiger partial charge in [0.1, 0.15) is 24.0 Å². The van der Waals surface area contributed by atoms with Crippen molar-refractivity contribution in [2.45, 2.75) is 89.7 Å². The average molecular weight is 725 g/mol. The van der Waals surface area contributed by atoms with E-state index in [1.54, 1.807) is 0 Å². The van der Waals surface area contributed by atoms with Crippen molar-refractivity contribution >= 4 is 18.0 Å². The van der Waals surface area contributed by atoms with E-state index in [1.807, 2.05) is 69.3 Å².